The van der Waals surface area contributed by atoms with E-state index in [-0.39, 0.29) is 16.1 Å². The highest BCUT2D eigenvalue weighted by atomic mass is 32.2. The van der Waals surface area contributed by atoms with Crippen molar-refractivity contribution in [2.24, 2.45) is 0 Å². The molecule has 7 nitrogen and oxygen atoms in total. The van der Waals surface area contributed by atoms with Crippen LogP contribution in [0.2, 0.25) is 0 Å². The van der Waals surface area contributed by atoms with Gasteiger partial charge in [-0.15, -0.1) is 11.3 Å². The van der Waals surface area contributed by atoms with Crippen LogP contribution < -0.4 is 10.0 Å². The molecule has 0 unspecified atom stereocenters. The first-order valence-electron chi connectivity index (χ1n) is 9.50. The van der Waals surface area contributed by atoms with Crippen molar-refractivity contribution in [1.29, 1.82) is 5.26 Å². The maximum Gasteiger partial charge on any atom is 0.261 e. The van der Waals surface area contributed by atoms with Crippen LogP contribution in [0.25, 0.3) is 11.3 Å². The zero-order valence-electron chi connectivity index (χ0n) is 16.8. The van der Waals surface area contributed by atoms with E-state index >= 15 is 0 Å². The number of hydrogen-bond donors (Lipinski definition) is 2. The van der Waals surface area contributed by atoms with Crippen molar-refractivity contribution in [2.45, 2.75) is 4.90 Å². The van der Waals surface area contributed by atoms with Gasteiger partial charge in [-0.2, -0.15) is 5.26 Å². The fourth-order valence-corrected chi connectivity index (χ4v) is 4.66. The first-order chi connectivity index (χ1) is 15.8. The van der Waals surface area contributed by atoms with Crippen LogP contribution in [0.15, 0.2) is 83.1 Å². The third kappa shape index (κ3) is 5.23. The van der Waals surface area contributed by atoms with Crippen LogP contribution in [-0.4, -0.2) is 19.3 Å². The van der Waals surface area contributed by atoms with Crippen molar-refractivity contribution < 1.29 is 17.6 Å². The molecule has 3 aromatic carbocycles. The molecular weight excluding hydrogens is 463 g/mol. The molecule has 1 amide bonds. The average Bonchev–Trinajstić information content (AvgIpc) is 3.28. The van der Waals surface area contributed by atoms with E-state index in [4.69, 9.17) is 5.26 Å². The largest absolute Gasteiger partial charge is 0.298 e. The maximum atomic E-state index is 13.1. The number of sulfonamides is 1. The van der Waals surface area contributed by atoms with Crippen LogP contribution >= 0.6 is 11.3 Å². The Labute approximate surface area is 193 Å². The minimum Gasteiger partial charge on any atom is -0.298 e. The van der Waals surface area contributed by atoms with Crippen molar-refractivity contribution in [2.75, 3.05) is 10.0 Å². The summed E-state index contributed by atoms with van der Waals surface area (Å²) in [6.45, 7) is 0. The Bertz CT molecular complexity index is 1460. The average molecular weight is 479 g/mol. The monoisotopic (exact) mass is 478 g/mol. The number of halogens is 1. The number of carbonyl (C=O) groups excluding carboxylic acids is 1. The molecule has 0 spiro atoms. The lowest BCUT2D eigenvalue weighted by Gasteiger charge is -2.09. The molecule has 0 saturated heterocycles. The van der Waals surface area contributed by atoms with Gasteiger partial charge in [-0.25, -0.2) is 17.8 Å². The number of nitrogens with zero attached hydrogens (tertiary/aromatic N) is 2. The van der Waals surface area contributed by atoms with E-state index in [0.717, 1.165) is 29.8 Å². The van der Waals surface area contributed by atoms with Gasteiger partial charge in [0.05, 0.1) is 22.2 Å². The number of thiazole rings is 1. The quantitative estimate of drug-likeness (QED) is 0.410. The molecule has 2 N–H and O–H groups in total. The standard InChI is InChI=1S/C23H15FN4O3S2/c24-18-8-10-20(11-9-18)33(30,31)28-19-3-1-2-17(12-19)22(29)27-23-26-21(14-32-23)16-6-4-15(13-25)5-7-16/h1-12,14,28H,(H,26,27,29). The highest BCUT2D eigenvalue weighted by Crippen LogP contribution is 2.26. The SMILES string of the molecule is N#Cc1ccc(-c2csc(NC(=O)c3cccc(NS(=O)(=O)c4ccc(F)cc4)c3)n2)cc1. The van der Waals surface area contributed by atoms with Crippen molar-refractivity contribution in [3.63, 3.8) is 0 Å². The fourth-order valence-electron chi connectivity index (χ4n) is 2.90. The molecule has 4 aromatic rings. The Morgan fingerprint density at radius 3 is 2.45 bits per heavy atom. The van der Waals surface area contributed by atoms with Gasteiger partial charge in [-0.1, -0.05) is 18.2 Å². The molecule has 1 aromatic heterocycles. The molecule has 33 heavy (non-hydrogen) atoms. The molecule has 1 heterocycles. The molecule has 0 aliphatic rings. The molecular formula is C23H15FN4O3S2. The highest BCUT2D eigenvalue weighted by Gasteiger charge is 2.16. The van der Waals surface area contributed by atoms with Gasteiger partial charge in [0.15, 0.2) is 5.13 Å². The highest BCUT2D eigenvalue weighted by molar-refractivity contribution is 7.92. The van der Waals surface area contributed by atoms with Gasteiger partial charge in [0.25, 0.3) is 15.9 Å². The molecule has 0 radical (unpaired) electrons. The number of carbonyl (C=O) groups is 1. The van der Waals surface area contributed by atoms with Gasteiger partial charge in [0.1, 0.15) is 5.82 Å². The zero-order valence-corrected chi connectivity index (χ0v) is 18.5. The van der Waals surface area contributed by atoms with E-state index in [2.05, 4.69) is 21.1 Å². The van der Waals surface area contributed by atoms with Gasteiger partial charge in [-0.05, 0) is 54.6 Å². The summed E-state index contributed by atoms with van der Waals surface area (Å²) in [6, 6.07) is 19.4. The van der Waals surface area contributed by atoms with Crippen LogP contribution in [0.3, 0.4) is 0 Å². The Kier molecular flexibility index (Phi) is 6.17. The minimum atomic E-state index is -3.94. The third-order valence-electron chi connectivity index (χ3n) is 4.54. The van der Waals surface area contributed by atoms with Crippen molar-refractivity contribution >= 4 is 38.1 Å². The number of nitriles is 1. The van der Waals surface area contributed by atoms with Gasteiger partial charge in [0, 0.05) is 22.2 Å². The summed E-state index contributed by atoms with van der Waals surface area (Å²) >= 11 is 1.24. The number of anilines is 2. The molecule has 0 aliphatic carbocycles. The second-order valence-electron chi connectivity index (χ2n) is 6.82. The molecule has 10 heteroatoms. The number of amides is 1. The second kappa shape index (κ2) is 9.20. The Morgan fingerprint density at radius 1 is 1.03 bits per heavy atom. The van der Waals surface area contributed by atoms with E-state index in [1.807, 2.05) is 0 Å². The van der Waals surface area contributed by atoms with Gasteiger partial charge >= 0.3 is 0 Å². The number of aromatic nitrogens is 1. The van der Waals surface area contributed by atoms with Crippen LogP contribution in [0, 0.1) is 17.1 Å². The summed E-state index contributed by atoms with van der Waals surface area (Å²) in [4.78, 5) is 17.0. The minimum absolute atomic E-state index is 0.100. The lowest BCUT2D eigenvalue weighted by Crippen LogP contribution is -2.15. The van der Waals surface area contributed by atoms with E-state index in [0.29, 0.717) is 16.4 Å². The number of benzene rings is 3. The van der Waals surface area contributed by atoms with Gasteiger partial charge in [0.2, 0.25) is 0 Å². The van der Waals surface area contributed by atoms with Crippen LogP contribution in [0.1, 0.15) is 15.9 Å². The van der Waals surface area contributed by atoms with Crippen molar-refractivity contribution in [3.8, 4) is 17.3 Å². The zero-order chi connectivity index (χ0) is 23.4. The fraction of sp³-hybridized carbons (Fsp3) is 0. The molecule has 0 atom stereocenters. The van der Waals surface area contributed by atoms with Crippen LogP contribution in [0.4, 0.5) is 15.2 Å². The summed E-state index contributed by atoms with van der Waals surface area (Å²) in [5.74, 6) is -1.00. The van der Waals surface area contributed by atoms with E-state index in [9.17, 15) is 17.6 Å². The first kappa shape index (κ1) is 22.1. The van der Waals surface area contributed by atoms with Crippen molar-refractivity contribution in [1.82, 2.24) is 4.98 Å². The lowest BCUT2D eigenvalue weighted by molar-refractivity contribution is 0.102. The smallest absolute Gasteiger partial charge is 0.261 e. The Hall–Kier alpha value is -4.07. The molecule has 164 valence electrons. The molecule has 0 fully saturated rings. The number of nitrogens with one attached hydrogen (secondary N) is 2. The lowest BCUT2D eigenvalue weighted by atomic mass is 10.1. The molecule has 0 saturated carbocycles. The molecule has 4 rings (SSSR count). The number of hydrogen-bond acceptors (Lipinski definition) is 6. The van der Waals surface area contributed by atoms with E-state index in [1.165, 1.54) is 23.5 Å². The molecule has 0 aliphatic heterocycles. The summed E-state index contributed by atoms with van der Waals surface area (Å²) in [5, 5.41) is 13.7. The Balaban J connectivity index is 1.47. The summed E-state index contributed by atoms with van der Waals surface area (Å²) in [6.07, 6.45) is 0. The van der Waals surface area contributed by atoms with Crippen molar-refractivity contribution in [3.05, 3.63) is 95.1 Å². The summed E-state index contributed by atoms with van der Waals surface area (Å²) < 4.78 is 40.5. The van der Waals surface area contributed by atoms with Gasteiger partial charge in [-0.3, -0.25) is 14.8 Å². The summed E-state index contributed by atoms with van der Waals surface area (Å²) in [5.41, 5.74) is 2.41. The van der Waals surface area contributed by atoms with Crippen LogP contribution in [-0.2, 0) is 10.0 Å². The van der Waals surface area contributed by atoms with E-state index in [1.54, 1.807) is 41.8 Å². The normalized spacial score (nSPS) is 10.9. The molecule has 0 bridgehead atoms. The maximum absolute atomic E-state index is 13.1. The predicted molar refractivity (Wildman–Crippen MR) is 124 cm³/mol. The number of rotatable bonds is 6. The topological polar surface area (TPSA) is 112 Å². The first-order valence-corrected chi connectivity index (χ1v) is 11.9. The third-order valence-corrected chi connectivity index (χ3v) is 6.69. The van der Waals surface area contributed by atoms with Crippen LogP contribution in [0.5, 0.6) is 0 Å². The summed E-state index contributed by atoms with van der Waals surface area (Å²) in [7, 11) is -3.94. The predicted octanol–water partition coefficient (Wildman–Crippen LogP) is 4.87. The van der Waals surface area contributed by atoms with Gasteiger partial charge < -0.3 is 0 Å². The Morgan fingerprint density at radius 2 is 1.76 bits per heavy atom. The second-order valence-corrected chi connectivity index (χ2v) is 9.36. The van der Waals surface area contributed by atoms with E-state index < -0.39 is 21.7 Å².